The average molecular weight is 421 g/mol. The fourth-order valence-corrected chi connectivity index (χ4v) is 4.67. The van der Waals surface area contributed by atoms with Crippen molar-refractivity contribution >= 4 is 18.7 Å². The summed E-state index contributed by atoms with van der Waals surface area (Å²) in [6, 6.07) is 17.1. The Labute approximate surface area is 181 Å². The summed E-state index contributed by atoms with van der Waals surface area (Å²) in [6.07, 6.45) is 3.57. The number of rotatable bonds is 6. The second kappa shape index (κ2) is 8.14. The molecule has 1 N–H and O–H groups in total. The molecule has 7 heteroatoms. The highest BCUT2D eigenvalue weighted by Gasteiger charge is 2.32. The normalized spacial score (nSPS) is 19.6. The Morgan fingerprint density at radius 1 is 1.10 bits per heavy atom. The van der Waals surface area contributed by atoms with Crippen molar-refractivity contribution in [3.05, 3.63) is 71.5 Å². The lowest BCUT2D eigenvalue weighted by atomic mass is 9.80. The first-order chi connectivity index (χ1) is 14.7. The molecule has 1 amide bonds. The quantitative estimate of drug-likeness (QED) is 0.587. The highest BCUT2D eigenvalue weighted by molar-refractivity contribution is 7.79. The third-order valence-electron chi connectivity index (χ3n) is 6.18. The molecular formula is C23H24N4O2S. The van der Waals surface area contributed by atoms with E-state index in [1.54, 1.807) is 0 Å². The number of benzene rings is 2. The van der Waals surface area contributed by atoms with Gasteiger partial charge in [-0.2, -0.15) is 12.6 Å². The van der Waals surface area contributed by atoms with Crippen LogP contribution in [0.15, 0.2) is 54.7 Å². The summed E-state index contributed by atoms with van der Waals surface area (Å²) in [7, 11) is 0. The molecule has 30 heavy (non-hydrogen) atoms. The number of carbonyl (C=O) groups is 1. The lowest BCUT2D eigenvalue weighted by Crippen LogP contribution is -2.37. The third-order valence-corrected chi connectivity index (χ3v) is 6.51. The topological polar surface area (TPSA) is 69.0 Å². The van der Waals surface area contributed by atoms with E-state index < -0.39 is 0 Å². The van der Waals surface area contributed by atoms with Gasteiger partial charge in [-0.05, 0) is 41.0 Å². The average Bonchev–Trinajstić information content (AvgIpc) is 3.34. The number of hydrogen-bond acceptors (Lipinski definition) is 5. The fourth-order valence-electron chi connectivity index (χ4n) is 4.52. The maximum Gasteiger partial charge on any atom is 0.407 e. The number of thiol groups is 1. The summed E-state index contributed by atoms with van der Waals surface area (Å²) in [5.41, 5.74) is 5.80. The molecule has 0 radical (unpaired) electrons. The van der Waals surface area contributed by atoms with Crippen LogP contribution in [0.4, 0.5) is 4.79 Å². The minimum absolute atomic E-state index is 0.0876. The summed E-state index contributed by atoms with van der Waals surface area (Å²) in [5.74, 6) is 1.13. The number of alkyl carbamates (subject to hydrolysis) is 1. The van der Waals surface area contributed by atoms with Gasteiger partial charge in [0.2, 0.25) is 0 Å². The van der Waals surface area contributed by atoms with Crippen molar-refractivity contribution in [1.29, 1.82) is 0 Å². The van der Waals surface area contributed by atoms with E-state index in [4.69, 9.17) is 4.74 Å². The van der Waals surface area contributed by atoms with Crippen LogP contribution in [0.1, 0.15) is 41.6 Å². The fraction of sp³-hybridized carbons (Fsp3) is 0.348. The van der Waals surface area contributed by atoms with E-state index in [2.05, 4.69) is 64.7 Å². The van der Waals surface area contributed by atoms with Crippen LogP contribution in [0.3, 0.4) is 0 Å². The van der Waals surface area contributed by atoms with Gasteiger partial charge in [-0.15, -0.1) is 5.10 Å². The van der Waals surface area contributed by atoms with E-state index in [1.165, 1.54) is 22.3 Å². The number of carbonyl (C=O) groups excluding carboxylic acids is 1. The summed E-state index contributed by atoms with van der Waals surface area (Å²) < 4.78 is 7.51. The second-order valence-corrected chi connectivity index (χ2v) is 8.36. The molecule has 6 nitrogen and oxygen atoms in total. The van der Waals surface area contributed by atoms with Gasteiger partial charge in [0.15, 0.2) is 0 Å². The summed E-state index contributed by atoms with van der Waals surface area (Å²) >= 11 is 4.22. The molecule has 2 aliphatic carbocycles. The minimum Gasteiger partial charge on any atom is -0.449 e. The van der Waals surface area contributed by atoms with Gasteiger partial charge in [-0.1, -0.05) is 53.7 Å². The monoisotopic (exact) mass is 420 g/mol. The SMILES string of the molecule is O=C(NCC1CC(n2cc(CS)nn2)C1)OCC1c2ccccc2-c2ccccc21. The van der Waals surface area contributed by atoms with Gasteiger partial charge < -0.3 is 10.1 Å². The first kappa shape index (κ1) is 19.2. The molecule has 3 aromatic rings. The Hall–Kier alpha value is -2.80. The van der Waals surface area contributed by atoms with Crippen LogP contribution >= 0.6 is 12.6 Å². The lowest BCUT2D eigenvalue weighted by molar-refractivity contribution is 0.131. The number of nitrogens with one attached hydrogen (secondary N) is 1. The van der Waals surface area contributed by atoms with Crippen LogP contribution in [-0.2, 0) is 10.5 Å². The van der Waals surface area contributed by atoms with Crippen LogP contribution in [0.2, 0.25) is 0 Å². The number of fused-ring (bicyclic) bond motifs is 3. The number of ether oxygens (including phenoxy) is 1. The van der Waals surface area contributed by atoms with E-state index in [-0.39, 0.29) is 12.0 Å². The molecule has 0 aliphatic heterocycles. The van der Waals surface area contributed by atoms with Gasteiger partial charge in [0, 0.05) is 24.4 Å². The molecule has 154 valence electrons. The maximum atomic E-state index is 12.3. The molecule has 0 unspecified atom stereocenters. The van der Waals surface area contributed by atoms with Gasteiger partial charge in [0.1, 0.15) is 6.61 Å². The molecule has 0 atom stereocenters. The molecule has 0 bridgehead atoms. The highest BCUT2D eigenvalue weighted by atomic mass is 32.1. The maximum absolute atomic E-state index is 12.3. The Bertz CT molecular complexity index is 1020. The molecule has 0 spiro atoms. The molecule has 1 saturated carbocycles. The van der Waals surface area contributed by atoms with Crippen molar-refractivity contribution in [1.82, 2.24) is 20.3 Å². The summed E-state index contributed by atoms with van der Waals surface area (Å²) in [4.78, 5) is 12.3. The van der Waals surface area contributed by atoms with Crippen LogP contribution in [-0.4, -0.2) is 34.2 Å². The van der Waals surface area contributed by atoms with Crippen molar-refractivity contribution in [3.8, 4) is 11.1 Å². The zero-order valence-corrected chi connectivity index (χ0v) is 17.5. The number of aromatic nitrogens is 3. The molecule has 1 fully saturated rings. The van der Waals surface area contributed by atoms with Crippen LogP contribution in [0, 0.1) is 5.92 Å². The van der Waals surface area contributed by atoms with Crippen molar-refractivity contribution in [2.24, 2.45) is 5.92 Å². The van der Waals surface area contributed by atoms with E-state index in [1.807, 2.05) is 23.0 Å². The molecular weight excluding hydrogens is 396 g/mol. The Kier molecular flexibility index (Phi) is 5.21. The zero-order chi connectivity index (χ0) is 20.5. The Morgan fingerprint density at radius 3 is 2.40 bits per heavy atom. The van der Waals surface area contributed by atoms with Crippen LogP contribution < -0.4 is 5.32 Å². The molecule has 2 aromatic carbocycles. The predicted octanol–water partition coefficient (Wildman–Crippen LogP) is 4.20. The third kappa shape index (κ3) is 3.58. The Balaban J connectivity index is 1.12. The second-order valence-electron chi connectivity index (χ2n) is 8.05. The van der Waals surface area contributed by atoms with Crippen molar-refractivity contribution in [2.75, 3.05) is 13.2 Å². The summed E-state index contributed by atoms with van der Waals surface area (Å²) in [5, 5.41) is 11.2. The van der Waals surface area contributed by atoms with Gasteiger partial charge >= 0.3 is 6.09 Å². The number of hydrogen-bond donors (Lipinski definition) is 2. The molecule has 2 aliphatic rings. The minimum atomic E-state index is -0.349. The van der Waals surface area contributed by atoms with Crippen molar-refractivity contribution in [2.45, 2.75) is 30.6 Å². The first-order valence-corrected chi connectivity index (χ1v) is 11.0. The van der Waals surface area contributed by atoms with E-state index in [0.717, 1.165) is 18.5 Å². The van der Waals surface area contributed by atoms with E-state index in [9.17, 15) is 4.79 Å². The number of amides is 1. The predicted molar refractivity (Wildman–Crippen MR) is 118 cm³/mol. The molecule has 0 saturated heterocycles. The smallest absolute Gasteiger partial charge is 0.407 e. The largest absolute Gasteiger partial charge is 0.449 e. The van der Waals surface area contributed by atoms with Gasteiger partial charge in [0.05, 0.1) is 11.7 Å². The Morgan fingerprint density at radius 2 is 1.77 bits per heavy atom. The van der Waals surface area contributed by atoms with Crippen LogP contribution in [0.5, 0.6) is 0 Å². The highest BCUT2D eigenvalue weighted by Crippen LogP contribution is 2.44. The zero-order valence-electron chi connectivity index (χ0n) is 16.6. The van der Waals surface area contributed by atoms with Gasteiger partial charge in [-0.25, -0.2) is 9.48 Å². The summed E-state index contributed by atoms with van der Waals surface area (Å²) in [6.45, 7) is 0.972. The standard InChI is InChI=1S/C23H24N4O2S/c28-23(24-11-15-9-17(10-15)27-12-16(14-30)25-26-27)29-13-22-20-7-3-1-5-18(20)19-6-2-4-8-21(19)22/h1-8,12,15,17,22,30H,9-11,13-14H2,(H,24,28). The lowest BCUT2D eigenvalue weighted by Gasteiger charge is -2.34. The van der Waals surface area contributed by atoms with Crippen molar-refractivity contribution in [3.63, 3.8) is 0 Å². The van der Waals surface area contributed by atoms with Crippen molar-refractivity contribution < 1.29 is 9.53 Å². The van der Waals surface area contributed by atoms with Gasteiger partial charge in [-0.3, -0.25) is 0 Å². The molecule has 1 heterocycles. The molecule has 5 rings (SSSR count). The van der Waals surface area contributed by atoms with Crippen LogP contribution in [0.25, 0.3) is 11.1 Å². The number of nitrogens with zero attached hydrogens (tertiary/aromatic N) is 3. The van der Waals surface area contributed by atoms with E-state index in [0.29, 0.717) is 30.9 Å². The molecule has 1 aromatic heterocycles. The van der Waals surface area contributed by atoms with E-state index >= 15 is 0 Å². The van der Waals surface area contributed by atoms with Gasteiger partial charge in [0.25, 0.3) is 0 Å². The first-order valence-electron chi connectivity index (χ1n) is 10.3.